The molecule has 0 radical (unpaired) electrons. The molecule has 0 aliphatic heterocycles. The van der Waals surface area contributed by atoms with Crippen molar-refractivity contribution in [1.82, 2.24) is 4.90 Å². The van der Waals surface area contributed by atoms with Crippen molar-refractivity contribution < 1.29 is 4.92 Å². The molecular formula is C12H20N4O2S. The number of nitro groups is 1. The molecule has 19 heavy (non-hydrogen) atoms. The van der Waals surface area contributed by atoms with E-state index in [1.54, 1.807) is 17.8 Å². The highest BCUT2D eigenvalue weighted by Gasteiger charge is 2.10. The van der Waals surface area contributed by atoms with Crippen molar-refractivity contribution in [3.63, 3.8) is 0 Å². The Balaban J connectivity index is 2.67. The van der Waals surface area contributed by atoms with Crippen LogP contribution in [0, 0.1) is 10.1 Å². The van der Waals surface area contributed by atoms with E-state index < -0.39 is 4.92 Å². The van der Waals surface area contributed by atoms with E-state index in [2.05, 4.69) is 24.2 Å². The zero-order valence-electron chi connectivity index (χ0n) is 11.3. The van der Waals surface area contributed by atoms with Crippen LogP contribution in [-0.4, -0.2) is 35.2 Å². The van der Waals surface area contributed by atoms with Crippen molar-refractivity contribution in [2.75, 3.05) is 30.8 Å². The van der Waals surface area contributed by atoms with Gasteiger partial charge in [-0.3, -0.25) is 16.0 Å². The number of hydrazine groups is 1. The summed E-state index contributed by atoms with van der Waals surface area (Å²) >= 11 is 1.60. The number of nitrogen functional groups attached to an aromatic ring is 1. The first-order valence-electron chi connectivity index (χ1n) is 6.22. The Hall–Kier alpha value is -1.31. The highest BCUT2D eigenvalue weighted by Crippen LogP contribution is 2.27. The number of nitrogens with zero attached hydrogens (tertiary/aromatic N) is 2. The molecule has 0 unspecified atom stereocenters. The number of benzene rings is 1. The van der Waals surface area contributed by atoms with Crippen LogP contribution >= 0.6 is 11.8 Å². The predicted octanol–water partition coefficient (Wildman–Crippen LogP) is 2.31. The molecule has 0 aliphatic rings. The van der Waals surface area contributed by atoms with E-state index in [0.717, 1.165) is 30.3 Å². The molecule has 106 valence electrons. The number of hydrogen-bond acceptors (Lipinski definition) is 6. The fourth-order valence-electron chi connectivity index (χ4n) is 1.69. The van der Waals surface area contributed by atoms with Crippen LogP contribution in [0.1, 0.15) is 13.8 Å². The fraction of sp³-hybridized carbons (Fsp3) is 0.500. The summed E-state index contributed by atoms with van der Waals surface area (Å²) in [5.41, 5.74) is 3.07. The largest absolute Gasteiger partial charge is 0.324 e. The van der Waals surface area contributed by atoms with Gasteiger partial charge in [0.1, 0.15) is 0 Å². The Labute approximate surface area is 117 Å². The molecule has 0 heterocycles. The molecule has 0 amide bonds. The molecule has 7 heteroatoms. The maximum absolute atomic E-state index is 10.8. The van der Waals surface area contributed by atoms with Crippen molar-refractivity contribution in [2.24, 2.45) is 5.84 Å². The van der Waals surface area contributed by atoms with Crippen molar-refractivity contribution in [3.8, 4) is 0 Å². The number of non-ortho nitro benzene ring substituents is 1. The van der Waals surface area contributed by atoms with Gasteiger partial charge in [0.15, 0.2) is 0 Å². The molecule has 0 bridgehead atoms. The van der Waals surface area contributed by atoms with Gasteiger partial charge in [0.25, 0.3) is 5.69 Å². The Bertz CT molecular complexity index is 424. The second kappa shape index (κ2) is 7.98. The Kier molecular flexibility index (Phi) is 6.61. The molecule has 0 aliphatic carbocycles. The number of hydrogen-bond donors (Lipinski definition) is 2. The predicted molar refractivity (Wildman–Crippen MR) is 79.4 cm³/mol. The summed E-state index contributed by atoms with van der Waals surface area (Å²) in [5, 5.41) is 10.8. The van der Waals surface area contributed by atoms with Gasteiger partial charge in [0.05, 0.1) is 10.6 Å². The van der Waals surface area contributed by atoms with Crippen molar-refractivity contribution in [2.45, 2.75) is 18.7 Å². The van der Waals surface area contributed by atoms with Gasteiger partial charge in [-0.15, -0.1) is 11.8 Å². The minimum atomic E-state index is -0.407. The average molecular weight is 284 g/mol. The summed E-state index contributed by atoms with van der Waals surface area (Å²) in [6, 6.07) is 4.82. The van der Waals surface area contributed by atoms with Crippen LogP contribution in [0.5, 0.6) is 0 Å². The first kappa shape index (κ1) is 15.7. The van der Waals surface area contributed by atoms with Crippen LogP contribution in [0.2, 0.25) is 0 Å². The van der Waals surface area contributed by atoms with E-state index in [-0.39, 0.29) is 5.69 Å². The van der Waals surface area contributed by atoms with Gasteiger partial charge in [-0.1, -0.05) is 13.8 Å². The molecular weight excluding hydrogens is 264 g/mol. The average Bonchev–Trinajstić information content (AvgIpc) is 2.43. The number of nitrogens with two attached hydrogens (primary N) is 1. The lowest BCUT2D eigenvalue weighted by Gasteiger charge is -2.17. The SMILES string of the molecule is CCN(CC)CCSc1cc(NN)cc([N+](=O)[O-])c1. The summed E-state index contributed by atoms with van der Waals surface area (Å²) in [5.74, 6) is 6.21. The molecule has 6 nitrogen and oxygen atoms in total. The summed E-state index contributed by atoms with van der Waals surface area (Å²) in [4.78, 5) is 13.6. The van der Waals surface area contributed by atoms with Crippen molar-refractivity contribution in [3.05, 3.63) is 28.3 Å². The lowest BCUT2D eigenvalue weighted by molar-refractivity contribution is -0.385. The molecule has 3 N–H and O–H groups in total. The Morgan fingerprint density at radius 2 is 2.05 bits per heavy atom. The lowest BCUT2D eigenvalue weighted by atomic mass is 10.3. The standard InChI is InChI=1S/C12H20N4O2S/c1-3-15(4-2)5-6-19-12-8-10(14-13)7-11(9-12)16(17)18/h7-9,14H,3-6,13H2,1-2H3. The molecule has 1 aromatic rings. The third kappa shape index (κ3) is 5.06. The van der Waals surface area contributed by atoms with Crippen molar-refractivity contribution in [1.29, 1.82) is 0 Å². The minimum absolute atomic E-state index is 0.0563. The van der Waals surface area contributed by atoms with Gasteiger partial charge in [-0.05, 0) is 19.2 Å². The molecule has 0 saturated carbocycles. The van der Waals surface area contributed by atoms with Gasteiger partial charge in [0.2, 0.25) is 0 Å². The molecule has 1 aromatic carbocycles. The van der Waals surface area contributed by atoms with Crippen LogP contribution in [0.3, 0.4) is 0 Å². The first-order valence-corrected chi connectivity index (χ1v) is 7.20. The van der Waals surface area contributed by atoms with Gasteiger partial charge in [-0.2, -0.15) is 0 Å². The molecule has 0 fully saturated rings. The van der Waals surface area contributed by atoms with Gasteiger partial charge >= 0.3 is 0 Å². The number of thioether (sulfide) groups is 1. The van der Waals surface area contributed by atoms with Crippen LogP contribution in [0.25, 0.3) is 0 Å². The lowest BCUT2D eigenvalue weighted by Crippen LogP contribution is -2.25. The van der Waals surface area contributed by atoms with Crippen LogP contribution in [-0.2, 0) is 0 Å². The number of nitro benzene ring substituents is 1. The van der Waals surface area contributed by atoms with Gasteiger partial charge < -0.3 is 10.3 Å². The van der Waals surface area contributed by atoms with Gasteiger partial charge in [-0.25, -0.2) is 0 Å². The zero-order valence-corrected chi connectivity index (χ0v) is 12.1. The van der Waals surface area contributed by atoms with Crippen molar-refractivity contribution >= 4 is 23.1 Å². The Morgan fingerprint density at radius 1 is 1.37 bits per heavy atom. The summed E-state index contributed by atoms with van der Waals surface area (Å²) in [6.07, 6.45) is 0. The summed E-state index contributed by atoms with van der Waals surface area (Å²) < 4.78 is 0. The minimum Gasteiger partial charge on any atom is -0.324 e. The molecule has 0 atom stereocenters. The van der Waals surface area contributed by atoms with Crippen LogP contribution in [0.15, 0.2) is 23.1 Å². The highest BCUT2D eigenvalue weighted by atomic mass is 32.2. The second-order valence-corrected chi connectivity index (χ2v) is 5.16. The van der Waals surface area contributed by atoms with Gasteiger partial charge in [0, 0.05) is 29.3 Å². The summed E-state index contributed by atoms with van der Waals surface area (Å²) in [7, 11) is 0. The topological polar surface area (TPSA) is 84.4 Å². The molecule has 1 rings (SSSR count). The fourth-order valence-corrected chi connectivity index (χ4v) is 2.69. The van der Waals surface area contributed by atoms with E-state index in [1.807, 2.05) is 6.07 Å². The van der Waals surface area contributed by atoms with E-state index in [9.17, 15) is 10.1 Å². The first-order chi connectivity index (χ1) is 9.10. The quantitative estimate of drug-likeness (QED) is 0.330. The third-order valence-electron chi connectivity index (χ3n) is 2.84. The molecule has 0 saturated heterocycles. The maximum Gasteiger partial charge on any atom is 0.272 e. The molecule has 0 aromatic heterocycles. The van der Waals surface area contributed by atoms with Crippen LogP contribution < -0.4 is 11.3 Å². The summed E-state index contributed by atoms with van der Waals surface area (Å²) in [6.45, 7) is 7.24. The number of anilines is 1. The monoisotopic (exact) mass is 284 g/mol. The smallest absolute Gasteiger partial charge is 0.272 e. The Morgan fingerprint density at radius 3 is 2.58 bits per heavy atom. The highest BCUT2D eigenvalue weighted by molar-refractivity contribution is 7.99. The van der Waals surface area contributed by atoms with E-state index >= 15 is 0 Å². The van der Waals surface area contributed by atoms with Crippen LogP contribution in [0.4, 0.5) is 11.4 Å². The van der Waals surface area contributed by atoms with E-state index in [4.69, 9.17) is 5.84 Å². The number of nitrogens with one attached hydrogen (secondary N) is 1. The van der Waals surface area contributed by atoms with E-state index in [0.29, 0.717) is 5.69 Å². The third-order valence-corrected chi connectivity index (χ3v) is 3.80. The van der Waals surface area contributed by atoms with E-state index in [1.165, 1.54) is 6.07 Å². The maximum atomic E-state index is 10.8. The second-order valence-electron chi connectivity index (χ2n) is 3.99. The zero-order chi connectivity index (χ0) is 14.3. The molecule has 0 spiro atoms. The normalized spacial score (nSPS) is 10.7. The number of rotatable bonds is 8.